The molecule has 1 saturated heterocycles. The van der Waals surface area contributed by atoms with Crippen LogP contribution in [0.2, 0.25) is 5.02 Å². The van der Waals surface area contributed by atoms with Crippen LogP contribution in [0.1, 0.15) is 43.9 Å². The molecule has 47 heavy (non-hydrogen) atoms. The third-order valence-corrected chi connectivity index (χ3v) is 10.6. The third-order valence-electron chi connectivity index (χ3n) is 9.19. The molecule has 14 heteroatoms. The maximum Gasteiger partial charge on any atom is 0.319 e. The van der Waals surface area contributed by atoms with Crippen molar-refractivity contribution in [3.63, 3.8) is 0 Å². The predicted octanol–water partition coefficient (Wildman–Crippen LogP) is 6.70. The topological polar surface area (TPSA) is 139 Å². The molecule has 2 aromatic carbocycles. The average Bonchev–Trinajstić information content (AvgIpc) is 3.58. The molecular formula is C33H31ClF2N8O2S. The predicted molar refractivity (Wildman–Crippen MR) is 180 cm³/mol. The highest BCUT2D eigenvalue weighted by atomic mass is 35.5. The first-order valence-corrected chi connectivity index (χ1v) is 16.4. The molecule has 5 heterocycles. The number of halogens is 3. The summed E-state index contributed by atoms with van der Waals surface area (Å²) >= 11 is 7.95. The van der Waals surface area contributed by atoms with E-state index >= 15 is 4.39 Å². The van der Waals surface area contributed by atoms with Gasteiger partial charge in [-0.05, 0) is 58.0 Å². The van der Waals surface area contributed by atoms with E-state index in [1.165, 1.54) is 12.1 Å². The van der Waals surface area contributed by atoms with Crippen molar-refractivity contribution < 1.29 is 18.3 Å². The summed E-state index contributed by atoms with van der Waals surface area (Å²) < 4.78 is 44.9. The molecule has 10 nitrogen and oxygen atoms in total. The van der Waals surface area contributed by atoms with Gasteiger partial charge < -0.3 is 25.8 Å². The number of hydrogen-bond acceptors (Lipinski definition) is 11. The normalized spacial score (nSPS) is 17.8. The Morgan fingerprint density at radius 2 is 1.98 bits per heavy atom. The number of nitriles is 1. The van der Waals surface area contributed by atoms with Crippen molar-refractivity contribution >= 4 is 60.6 Å². The van der Waals surface area contributed by atoms with Gasteiger partial charge in [-0.15, -0.1) is 11.3 Å². The van der Waals surface area contributed by atoms with Crippen molar-refractivity contribution in [2.45, 2.75) is 44.9 Å². The number of anilines is 3. The number of nitrogens with zero attached hydrogens (tertiary/aromatic N) is 6. The molecule has 4 N–H and O–H groups in total. The minimum Gasteiger partial charge on any atom is -0.489 e. The van der Waals surface area contributed by atoms with Crippen LogP contribution in [0.25, 0.3) is 32.1 Å². The van der Waals surface area contributed by atoms with Crippen LogP contribution in [0, 0.1) is 23.0 Å². The molecule has 0 saturated carbocycles. The van der Waals surface area contributed by atoms with Crippen molar-refractivity contribution in [1.29, 1.82) is 5.26 Å². The first kappa shape index (κ1) is 31.1. The highest BCUT2D eigenvalue weighted by molar-refractivity contribution is 7.23. The highest BCUT2D eigenvalue weighted by Crippen LogP contribution is 2.51. The van der Waals surface area contributed by atoms with Gasteiger partial charge in [0.2, 0.25) is 0 Å². The summed E-state index contributed by atoms with van der Waals surface area (Å²) in [5, 5.41) is 10.4. The number of benzene rings is 2. The lowest BCUT2D eigenvalue weighted by Crippen LogP contribution is -2.38. The van der Waals surface area contributed by atoms with Crippen molar-refractivity contribution in [1.82, 2.24) is 19.9 Å². The molecule has 0 radical (unpaired) electrons. The molecule has 2 aliphatic heterocycles. The number of nitrogens with two attached hydrogens (primary N) is 2. The monoisotopic (exact) mass is 676 g/mol. The quantitative estimate of drug-likeness (QED) is 0.200. The van der Waals surface area contributed by atoms with Crippen molar-refractivity contribution in [3.05, 3.63) is 58.2 Å². The third kappa shape index (κ3) is 5.02. The van der Waals surface area contributed by atoms with Crippen LogP contribution in [-0.2, 0) is 0 Å². The fourth-order valence-corrected chi connectivity index (χ4v) is 8.11. The van der Waals surface area contributed by atoms with Gasteiger partial charge in [0.25, 0.3) is 0 Å². The fraction of sp³-hybridized carbons (Fsp3) is 0.333. The van der Waals surface area contributed by atoms with Gasteiger partial charge in [0.05, 0.1) is 33.3 Å². The minimum absolute atomic E-state index is 0.0153. The Morgan fingerprint density at radius 1 is 1.17 bits per heavy atom. The first-order chi connectivity index (χ1) is 22.6. The smallest absolute Gasteiger partial charge is 0.319 e. The number of aromatic nitrogens is 3. The zero-order valence-corrected chi connectivity index (χ0v) is 27.4. The molecule has 242 valence electrons. The number of likely N-dealkylation sites (N-methyl/N-ethyl adjacent to an activating group) is 1. The van der Waals surface area contributed by atoms with Gasteiger partial charge in [-0.2, -0.15) is 15.2 Å². The van der Waals surface area contributed by atoms with Gasteiger partial charge in [-0.25, -0.2) is 13.8 Å². The van der Waals surface area contributed by atoms with E-state index in [9.17, 15) is 9.65 Å². The number of likely N-dealkylation sites (tertiary alicyclic amines) is 1. The second-order valence-corrected chi connectivity index (χ2v) is 13.3. The Labute approximate surface area is 278 Å². The van der Waals surface area contributed by atoms with Crippen LogP contribution in [0.5, 0.6) is 11.8 Å². The van der Waals surface area contributed by atoms with Crippen LogP contribution in [-0.4, -0.2) is 58.7 Å². The number of nitrogen functional groups attached to an aromatic ring is 2. The van der Waals surface area contributed by atoms with Crippen LogP contribution < -0.4 is 25.8 Å². The molecule has 1 fully saturated rings. The Balaban J connectivity index is 1.50. The lowest BCUT2D eigenvalue weighted by atomic mass is 9.96. The second kappa shape index (κ2) is 11.9. The fourth-order valence-electron chi connectivity index (χ4n) is 6.83. The van der Waals surface area contributed by atoms with E-state index in [1.54, 1.807) is 12.3 Å². The van der Waals surface area contributed by atoms with Gasteiger partial charge in [0, 0.05) is 28.8 Å². The molecule has 2 aliphatic rings. The molecule has 0 unspecified atom stereocenters. The summed E-state index contributed by atoms with van der Waals surface area (Å²) in [6.45, 7) is 5.35. The van der Waals surface area contributed by atoms with E-state index in [0.717, 1.165) is 36.3 Å². The van der Waals surface area contributed by atoms with Gasteiger partial charge >= 0.3 is 6.01 Å². The number of ether oxygens (including phenoxy) is 2. The van der Waals surface area contributed by atoms with Crippen LogP contribution in [0.3, 0.4) is 0 Å². The molecule has 3 aromatic heterocycles. The van der Waals surface area contributed by atoms with Crippen molar-refractivity contribution in [2.24, 2.45) is 0 Å². The summed E-state index contributed by atoms with van der Waals surface area (Å²) in [6.07, 6.45) is 3.30. The van der Waals surface area contributed by atoms with Crippen molar-refractivity contribution in [3.8, 4) is 29.0 Å². The number of fused-ring (bicyclic) bond motifs is 1. The molecule has 5 aromatic rings. The number of pyridine rings is 1. The largest absolute Gasteiger partial charge is 0.489 e. The van der Waals surface area contributed by atoms with Crippen LogP contribution >= 0.6 is 22.9 Å². The van der Waals surface area contributed by atoms with E-state index < -0.39 is 11.6 Å². The number of hydrogen-bond donors (Lipinski definition) is 2. The van der Waals surface area contributed by atoms with Crippen LogP contribution in [0.15, 0.2) is 30.5 Å². The molecule has 0 amide bonds. The van der Waals surface area contributed by atoms with Crippen molar-refractivity contribution in [2.75, 3.05) is 43.1 Å². The van der Waals surface area contributed by atoms with E-state index in [4.69, 9.17) is 37.5 Å². The van der Waals surface area contributed by atoms with Crippen LogP contribution in [0.4, 0.5) is 25.4 Å². The van der Waals surface area contributed by atoms with Gasteiger partial charge in [0.15, 0.2) is 11.6 Å². The molecule has 0 spiro atoms. The summed E-state index contributed by atoms with van der Waals surface area (Å²) in [6, 6.07) is 8.07. The van der Waals surface area contributed by atoms with E-state index in [-0.39, 0.29) is 84.3 Å². The number of thiophene rings is 1. The summed E-state index contributed by atoms with van der Waals surface area (Å²) in [4.78, 5) is 17.9. The molecule has 7 rings (SSSR count). The Bertz CT molecular complexity index is 2100. The minimum atomic E-state index is -0.798. The summed E-state index contributed by atoms with van der Waals surface area (Å²) in [5.74, 6) is -0.508. The Kier molecular flexibility index (Phi) is 7.90. The summed E-state index contributed by atoms with van der Waals surface area (Å²) in [5.41, 5.74) is 13.2. The Hall–Kier alpha value is -4.51. The zero-order chi connectivity index (χ0) is 33.1. The maximum atomic E-state index is 17.2. The standard InChI is InChI=1S/C33H31ClF2N8O2S/c1-15(17-6-4-10-40-30(17)38)44-12-13-45-28-24-27(41-33(42-32(24)44)46-16(2)21-7-5-11-43(21)3)26(36)23(25(28)34)18-8-9-20(35)29-22(18)19(14-37)31(39)47-29/h4,6,8-10,15-16,21H,5,7,11-13,39H2,1-3H3,(H2,38,40)/t15-,16+,21+/m1/s1. The molecular weight excluding hydrogens is 646 g/mol. The Morgan fingerprint density at radius 3 is 2.70 bits per heavy atom. The molecule has 0 bridgehead atoms. The average molecular weight is 677 g/mol. The second-order valence-electron chi connectivity index (χ2n) is 11.8. The van der Waals surface area contributed by atoms with E-state index in [1.807, 2.05) is 37.9 Å². The number of rotatable bonds is 6. The molecule has 0 aliphatic carbocycles. The first-order valence-electron chi connectivity index (χ1n) is 15.2. The van der Waals surface area contributed by atoms with Gasteiger partial charge in [-0.1, -0.05) is 23.7 Å². The summed E-state index contributed by atoms with van der Waals surface area (Å²) in [7, 11) is 2.04. The lowest BCUT2D eigenvalue weighted by Gasteiger charge is -2.31. The van der Waals surface area contributed by atoms with Gasteiger partial charge in [-0.3, -0.25) is 4.90 Å². The lowest BCUT2D eigenvalue weighted by molar-refractivity contribution is 0.112. The van der Waals surface area contributed by atoms with E-state index in [0.29, 0.717) is 18.2 Å². The zero-order valence-electron chi connectivity index (χ0n) is 25.9. The van der Waals surface area contributed by atoms with E-state index in [2.05, 4.69) is 14.9 Å². The SMILES string of the molecule is C[C@H](Oc1nc2c3c(c(Cl)c(-c4ccc(F)c5sc(N)c(C#N)c45)c(F)c3n1)OCCN2[C@H](C)c1cccnc1N)[C@@H]1CCCN1C. The highest BCUT2D eigenvalue weighted by Gasteiger charge is 2.35. The van der Waals surface area contributed by atoms with Gasteiger partial charge in [0.1, 0.15) is 46.8 Å². The molecule has 3 atom stereocenters. The maximum absolute atomic E-state index is 17.2.